The van der Waals surface area contributed by atoms with Gasteiger partial charge in [-0.1, -0.05) is 35.9 Å². The first-order valence-electron chi connectivity index (χ1n) is 8.19. The van der Waals surface area contributed by atoms with Gasteiger partial charge in [0.1, 0.15) is 17.8 Å². The summed E-state index contributed by atoms with van der Waals surface area (Å²) in [6.07, 6.45) is 1.15. The molecule has 0 saturated heterocycles. The number of hydrogen-bond donors (Lipinski definition) is 5. The molecule has 11 heteroatoms. The van der Waals surface area contributed by atoms with E-state index in [0.717, 1.165) is 12.4 Å². The van der Waals surface area contributed by atoms with Gasteiger partial charge < -0.3 is 5.73 Å². The van der Waals surface area contributed by atoms with E-state index in [1.54, 1.807) is 24.3 Å². The number of nitrogens with one attached hydrogen (secondary N) is 4. The standard InChI is InChI=1S/C18H15ClFN7O2/c19-12-7-3-1-5-10(12)17(28)26-24-15-14(21)16(23-9-22-15)25-27-18(29)11-6-2-4-8-13(11)20/h1-9H,21H2,(H,26,28)(H,27,29)(H2,22,23,24,25). The molecule has 1 heterocycles. The average Bonchev–Trinajstić information content (AvgIpc) is 2.72. The van der Waals surface area contributed by atoms with E-state index >= 15 is 0 Å². The third-order valence-corrected chi connectivity index (χ3v) is 4.04. The molecule has 0 aliphatic heterocycles. The van der Waals surface area contributed by atoms with E-state index in [1.165, 1.54) is 18.2 Å². The average molecular weight is 416 g/mol. The van der Waals surface area contributed by atoms with Gasteiger partial charge in [0, 0.05) is 0 Å². The number of anilines is 3. The molecule has 0 fully saturated rings. The normalized spacial score (nSPS) is 10.1. The van der Waals surface area contributed by atoms with Crippen molar-refractivity contribution in [2.75, 3.05) is 16.6 Å². The van der Waals surface area contributed by atoms with Crippen molar-refractivity contribution in [3.05, 3.63) is 76.8 Å². The van der Waals surface area contributed by atoms with Crippen LogP contribution in [-0.4, -0.2) is 21.8 Å². The molecule has 0 bridgehead atoms. The summed E-state index contributed by atoms with van der Waals surface area (Å²) in [6.45, 7) is 0. The molecule has 29 heavy (non-hydrogen) atoms. The number of aromatic nitrogens is 2. The smallest absolute Gasteiger partial charge is 0.272 e. The van der Waals surface area contributed by atoms with Gasteiger partial charge in [-0.3, -0.25) is 31.3 Å². The highest BCUT2D eigenvalue weighted by Gasteiger charge is 2.14. The van der Waals surface area contributed by atoms with Crippen molar-refractivity contribution in [1.29, 1.82) is 0 Å². The third kappa shape index (κ3) is 4.68. The van der Waals surface area contributed by atoms with Crippen molar-refractivity contribution in [1.82, 2.24) is 20.8 Å². The molecule has 3 aromatic rings. The fourth-order valence-corrected chi connectivity index (χ4v) is 2.47. The summed E-state index contributed by atoms with van der Waals surface area (Å²) in [6, 6.07) is 12.0. The van der Waals surface area contributed by atoms with Gasteiger partial charge in [0.15, 0.2) is 11.6 Å². The van der Waals surface area contributed by atoms with Crippen LogP contribution in [0.15, 0.2) is 54.9 Å². The van der Waals surface area contributed by atoms with Gasteiger partial charge in [-0.2, -0.15) is 0 Å². The predicted molar refractivity (Wildman–Crippen MR) is 106 cm³/mol. The first-order valence-corrected chi connectivity index (χ1v) is 8.57. The molecule has 2 amide bonds. The van der Waals surface area contributed by atoms with Crippen LogP contribution < -0.4 is 27.4 Å². The molecule has 0 radical (unpaired) electrons. The lowest BCUT2D eigenvalue weighted by atomic mass is 10.2. The van der Waals surface area contributed by atoms with Crippen molar-refractivity contribution < 1.29 is 14.0 Å². The maximum Gasteiger partial charge on any atom is 0.272 e. The Labute approximate surface area is 169 Å². The molecule has 0 unspecified atom stereocenters. The van der Waals surface area contributed by atoms with Crippen LogP contribution in [0.4, 0.5) is 21.7 Å². The zero-order valence-electron chi connectivity index (χ0n) is 14.7. The van der Waals surface area contributed by atoms with Gasteiger partial charge in [0.25, 0.3) is 11.8 Å². The molecule has 0 aliphatic rings. The Balaban J connectivity index is 1.65. The van der Waals surface area contributed by atoms with Gasteiger partial charge in [0.05, 0.1) is 16.1 Å². The number of nitrogens with zero attached hydrogens (tertiary/aromatic N) is 2. The van der Waals surface area contributed by atoms with Gasteiger partial charge in [-0.05, 0) is 24.3 Å². The minimum Gasteiger partial charge on any atom is -0.393 e. The van der Waals surface area contributed by atoms with E-state index in [9.17, 15) is 14.0 Å². The predicted octanol–water partition coefficient (Wildman–Crippen LogP) is 2.37. The highest BCUT2D eigenvalue weighted by Crippen LogP contribution is 2.21. The maximum atomic E-state index is 13.7. The first-order chi connectivity index (χ1) is 14.0. The van der Waals surface area contributed by atoms with Crippen molar-refractivity contribution >= 4 is 40.7 Å². The van der Waals surface area contributed by atoms with Crippen molar-refractivity contribution in [3.8, 4) is 0 Å². The summed E-state index contributed by atoms with van der Waals surface area (Å²) in [5, 5.41) is 0.278. The highest BCUT2D eigenvalue weighted by molar-refractivity contribution is 6.33. The number of nitrogens with two attached hydrogens (primary N) is 1. The molecule has 0 aliphatic carbocycles. The molecule has 1 aromatic heterocycles. The number of halogens is 2. The summed E-state index contributed by atoms with van der Waals surface area (Å²) >= 11 is 5.97. The van der Waals surface area contributed by atoms with Crippen LogP contribution >= 0.6 is 11.6 Å². The summed E-state index contributed by atoms with van der Waals surface area (Å²) in [7, 11) is 0. The molecule has 0 saturated carbocycles. The quantitative estimate of drug-likeness (QED) is 0.390. The summed E-state index contributed by atoms with van der Waals surface area (Å²) in [4.78, 5) is 32.1. The van der Waals surface area contributed by atoms with E-state index < -0.39 is 17.6 Å². The van der Waals surface area contributed by atoms with Gasteiger partial charge in [-0.15, -0.1) is 0 Å². The van der Waals surface area contributed by atoms with Gasteiger partial charge in [0.2, 0.25) is 0 Å². The maximum absolute atomic E-state index is 13.7. The lowest BCUT2D eigenvalue weighted by Crippen LogP contribution is -2.32. The number of carbonyl (C=O) groups excluding carboxylic acids is 2. The van der Waals surface area contributed by atoms with Gasteiger partial charge in [-0.25, -0.2) is 14.4 Å². The lowest BCUT2D eigenvalue weighted by molar-refractivity contribution is 0.0952. The van der Waals surface area contributed by atoms with Crippen LogP contribution in [0.3, 0.4) is 0 Å². The van der Waals surface area contributed by atoms with Crippen molar-refractivity contribution in [3.63, 3.8) is 0 Å². The Kier molecular flexibility index (Phi) is 6.05. The third-order valence-electron chi connectivity index (χ3n) is 3.71. The Morgan fingerprint density at radius 1 is 0.862 bits per heavy atom. The Morgan fingerprint density at radius 2 is 1.38 bits per heavy atom. The summed E-state index contributed by atoms with van der Waals surface area (Å²) < 4.78 is 13.7. The van der Waals surface area contributed by atoms with Crippen LogP contribution in [-0.2, 0) is 0 Å². The summed E-state index contributed by atoms with van der Waals surface area (Å²) in [5.74, 6) is -1.78. The number of rotatable bonds is 6. The van der Waals surface area contributed by atoms with Crippen LogP contribution in [0.5, 0.6) is 0 Å². The molecule has 3 rings (SSSR count). The fraction of sp³-hybridized carbons (Fsp3) is 0. The van der Waals surface area contributed by atoms with E-state index in [2.05, 4.69) is 31.7 Å². The topological polar surface area (TPSA) is 134 Å². The molecule has 148 valence electrons. The molecule has 2 aromatic carbocycles. The SMILES string of the molecule is Nc1c(NNC(=O)c2ccccc2F)ncnc1NNC(=O)c1ccccc1Cl. The second-order valence-electron chi connectivity index (χ2n) is 5.60. The van der Waals surface area contributed by atoms with E-state index in [-0.39, 0.29) is 33.5 Å². The zero-order valence-corrected chi connectivity index (χ0v) is 15.5. The van der Waals surface area contributed by atoms with E-state index in [4.69, 9.17) is 17.3 Å². The molecule has 0 atom stereocenters. The molecular weight excluding hydrogens is 401 g/mol. The number of benzene rings is 2. The zero-order chi connectivity index (χ0) is 20.8. The van der Waals surface area contributed by atoms with E-state index in [1.807, 2.05) is 0 Å². The molecule has 0 spiro atoms. The second-order valence-corrected chi connectivity index (χ2v) is 6.01. The van der Waals surface area contributed by atoms with E-state index in [0.29, 0.717) is 0 Å². The fourth-order valence-electron chi connectivity index (χ4n) is 2.25. The minimum absolute atomic E-state index is 0.000734. The van der Waals surface area contributed by atoms with Crippen molar-refractivity contribution in [2.45, 2.75) is 0 Å². The van der Waals surface area contributed by atoms with Crippen molar-refractivity contribution in [2.24, 2.45) is 0 Å². The minimum atomic E-state index is -0.720. The van der Waals surface area contributed by atoms with Crippen LogP contribution in [0.25, 0.3) is 0 Å². The monoisotopic (exact) mass is 415 g/mol. The number of hydrogen-bond acceptors (Lipinski definition) is 7. The Bertz CT molecular complexity index is 984. The second kappa shape index (κ2) is 8.85. The van der Waals surface area contributed by atoms with Crippen LogP contribution in [0, 0.1) is 5.82 Å². The Morgan fingerprint density at radius 3 is 1.97 bits per heavy atom. The largest absolute Gasteiger partial charge is 0.393 e. The number of carbonyl (C=O) groups is 2. The number of hydrazine groups is 2. The Hall–Kier alpha value is -3.92. The van der Waals surface area contributed by atoms with Crippen LogP contribution in [0.2, 0.25) is 5.02 Å². The molecule has 9 nitrogen and oxygen atoms in total. The highest BCUT2D eigenvalue weighted by atomic mass is 35.5. The lowest BCUT2D eigenvalue weighted by Gasteiger charge is -2.14. The molecular formula is C18H15ClFN7O2. The summed E-state index contributed by atoms with van der Waals surface area (Å²) in [5.41, 5.74) is 15.8. The molecule has 6 N–H and O–H groups in total. The number of amides is 2. The number of nitrogen functional groups attached to an aromatic ring is 1. The van der Waals surface area contributed by atoms with Crippen LogP contribution in [0.1, 0.15) is 20.7 Å². The first kappa shape index (κ1) is 19.8. The van der Waals surface area contributed by atoms with Gasteiger partial charge >= 0.3 is 0 Å².